The zero-order valence-electron chi connectivity index (χ0n) is 8.86. The van der Waals surface area contributed by atoms with Crippen molar-refractivity contribution in [3.05, 3.63) is 53.1 Å². The Morgan fingerprint density at radius 1 is 1.27 bits per heavy atom. The second-order valence-corrected chi connectivity index (χ2v) is 3.72. The number of nitrogens with one attached hydrogen (secondary N) is 1. The number of hydrogen-bond acceptors (Lipinski definition) is 2. The Morgan fingerprint density at radius 3 is 2.67 bits per heavy atom. The minimum Gasteiger partial charge on any atom is -0.380 e. The van der Waals surface area contributed by atoms with Crippen molar-refractivity contribution in [3.63, 3.8) is 0 Å². The summed E-state index contributed by atoms with van der Waals surface area (Å²) in [5.41, 5.74) is 3.27. The molecule has 1 atom stereocenters. The first kappa shape index (κ1) is 9.93. The Labute approximate surface area is 88.8 Å². The van der Waals surface area contributed by atoms with Crippen molar-refractivity contribution < 1.29 is 5.11 Å². The molecule has 0 aliphatic carbocycles. The largest absolute Gasteiger partial charge is 0.380 e. The number of aliphatic hydroxyl groups is 1. The monoisotopic (exact) mass is 202 g/mol. The maximum atomic E-state index is 10.0. The number of aromatic amines is 1. The average molecular weight is 202 g/mol. The molecule has 0 amide bonds. The molecule has 3 nitrogen and oxygen atoms in total. The second kappa shape index (κ2) is 3.87. The predicted molar refractivity (Wildman–Crippen MR) is 58.6 cm³/mol. The summed E-state index contributed by atoms with van der Waals surface area (Å²) in [6, 6.07) is 5.93. The first-order valence-corrected chi connectivity index (χ1v) is 4.93. The molecule has 1 unspecified atom stereocenters. The molecule has 0 fully saturated rings. The number of benzene rings is 1. The third kappa shape index (κ3) is 1.92. The van der Waals surface area contributed by atoms with Crippen LogP contribution < -0.4 is 0 Å². The van der Waals surface area contributed by atoms with E-state index >= 15 is 0 Å². The number of aryl methyl sites for hydroxylation is 2. The maximum absolute atomic E-state index is 10.0. The van der Waals surface area contributed by atoms with E-state index in [1.165, 1.54) is 11.1 Å². The van der Waals surface area contributed by atoms with Gasteiger partial charge in [0, 0.05) is 12.4 Å². The van der Waals surface area contributed by atoms with Crippen molar-refractivity contribution in [3.8, 4) is 0 Å². The Kier molecular flexibility index (Phi) is 2.56. The molecule has 3 heteroatoms. The van der Waals surface area contributed by atoms with Crippen LogP contribution in [0, 0.1) is 13.8 Å². The Morgan fingerprint density at radius 2 is 2.07 bits per heavy atom. The molecule has 0 aliphatic rings. The molecule has 0 aliphatic heterocycles. The molecule has 1 aromatic heterocycles. The topological polar surface area (TPSA) is 48.9 Å². The van der Waals surface area contributed by atoms with Crippen molar-refractivity contribution in [2.75, 3.05) is 0 Å². The smallest absolute Gasteiger partial charge is 0.139 e. The number of H-pyrrole nitrogens is 1. The summed E-state index contributed by atoms with van der Waals surface area (Å²) in [6.45, 7) is 4.09. The number of hydrogen-bond donors (Lipinski definition) is 2. The van der Waals surface area contributed by atoms with Crippen LogP contribution in [0.2, 0.25) is 0 Å². The van der Waals surface area contributed by atoms with Gasteiger partial charge in [-0.15, -0.1) is 0 Å². The third-order valence-corrected chi connectivity index (χ3v) is 2.63. The lowest BCUT2D eigenvalue weighted by molar-refractivity contribution is 0.211. The highest BCUT2D eigenvalue weighted by molar-refractivity contribution is 5.33. The molecule has 0 saturated heterocycles. The van der Waals surface area contributed by atoms with Crippen LogP contribution in [-0.4, -0.2) is 15.1 Å². The van der Waals surface area contributed by atoms with Gasteiger partial charge in [0.1, 0.15) is 11.9 Å². The van der Waals surface area contributed by atoms with Gasteiger partial charge >= 0.3 is 0 Å². The average Bonchev–Trinajstić information content (AvgIpc) is 2.74. The van der Waals surface area contributed by atoms with Crippen LogP contribution in [0.3, 0.4) is 0 Å². The van der Waals surface area contributed by atoms with Crippen LogP contribution in [0.25, 0.3) is 0 Å². The molecule has 15 heavy (non-hydrogen) atoms. The Hall–Kier alpha value is -1.61. The fraction of sp³-hybridized carbons (Fsp3) is 0.250. The van der Waals surface area contributed by atoms with E-state index in [1.54, 1.807) is 12.4 Å². The van der Waals surface area contributed by atoms with Gasteiger partial charge in [0.25, 0.3) is 0 Å². The van der Waals surface area contributed by atoms with E-state index in [2.05, 4.69) is 16.9 Å². The number of imidazole rings is 1. The number of nitrogens with zero attached hydrogens (tertiary/aromatic N) is 1. The molecule has 0 bridgehead atoms. The summed E-state index contributed by atoms with van der Waals surface area (Å²) in [7, 11) is 0. The van der Waals surface area contributed by atoms with E-state index < -0.39 is 6.10 Å². The highest BCUT2D eigenvalue weighted by Gasteiger charge is 2.12. The van der Waals surface area contributed by atoms with Gasteiger partial charge in [0.05, 0.1) is 0 Å². The van der Waals surface area contributed by atoms with Crippen molar-refractivity contribution in [2.24, 2.45) is 0 Å². The molecule has 2 N–H and O–H groups in total. The first-order valence-electron chi connectivity index (χ1n) is 4.93. The molecule has 2 aromatic rings. The van der Waals surface area contributed by atoms with E-state index in [-0.39, 0.29) is 0 Å². The van der Waals surface area contributed by atoms with Crippen molar-refractivity contribution in [2.45, 2.75) is 20.0 Å². The van der Waals surface area contributed by atoms with Crippen LogP contribution in [0.4, 0.5) is 0 Å². The lowest BCUT2D eigenvalue weighted by Crippen LogP contribution is -2.02. The predicted octanol–water partition coefficient (Wildman–Crippen LogP) is 2.11. The van der Waals surface area contributed by atoms with Gasteiger partial charge in [-0.25, -0.2) is 4.98 Å². The number of aromatic nitrogens is 2. The molecule has 78 valence electrons. The van der Waals surface area contributed by atoms with E-state index in [0.717, 1.165) is 5.56 Å². The minimum absolute atomic E-state index is 0.582. The zero-order valence-corrected chi connectivity index (χ0v) is 8.86. The maximum Gasteiger partial charge on any atom is 0.139 e. The molecular formula is C12H14N2O. The summed E-state index contributed by atoms with van der Waals surface area (Å²) in [4.78, 5) is 6.95. The standard InChI is InChI=1S/C12H14N2O/c1-8-3-4-10(7-9(8)2)11(15)12-13-5-6-14-12/h3-7,11,15H,1-2H3,(H,13,14). The number of rotatable bonds is 2. The Balaban J connectivity index is 2.34. The zero-order chi connectivity index (χ0) is 10.8. The van der Waals surface area contributed by atoms with Crippen molar-refractivity contribution >= 4 is 0 Å². The highest BCUT2D eigenvalue weighted by Crippen LogP contribution is 2.20. The van der Waals surface area contributed by atoms with E-state index in [0.29, 0.717) is 5.82 Å². The summed E-state index contributed by atoms with van der Waals surface area (Å²) < 4.78 is 0. The van der Waals surface area contributed by atoms with Gasteiger partial charge in [0.15, 0.2) is 0 Å². The highest BCUT2D eigenvalue weighted by atomic mass is 16.3. The van der Waals surface area contributed by atoms with Crippen molar-refractivity contribution in [1.29, 1.82) is 0 Å². The Bertz CT molecular complexity index is 449. The fourth-order valence-corrected chi connectivity index (χ4v) is 1.52. The van der Waals surface area contributed by atoms with Gasteiger partial charge in [-0.3, -0.25) is 0 Å². The van der Waals surface area contributed by atoms with E-state index in [1.807, 2.05) is 25.1 Å². The van der Waals surface area contributed by atoms with E-state index in [4.69, 9.17) is 0 Å². The molecule has 1 heterocycles. The van der Waals surface area contributed by atoms with Crippen LogP contribution in [0.15, 0.2) is 30.6 Å². The van der Waals surface area contributed by atoms with Crippen LogP contribution in [-0.2, 0) is 0 Å². The van der Waals surface area contributed by atoms with Crippen LogP contribution in [0.1, 0.15) is 28.6 Å². The number of aliphatic hydroxyl groups excluding tert-OH is 1. The van der Waals surface area contributed by atoms with Gasteiger partial charge in [-0.2, -0.15) is 0 Å². The van der Waals surface area contributed by atoms with Crippen molar-refractivity contribution in [1.82, 2.24) is 9.97 Å². The third-order valence-electron chi connectivity index (χ3n) is 2.63. The molecular weight excluding hydrogens is 188 g/mol. The summed E-state index contributed by atoms with van der Waals surface area (Å²) in [6.07, 6.45) is 2.68. The lowest BCUT2D eigenvalue weighted by atomic mass is 10.0. The summed E-state index contributed by atoms with van der Waals surface area (Å²) >= 11 is 0. The SMILES string of the molecule is Cc1ccc(C(O)c2ncc[nH]2)cc1C. The summed E-state index contributed by atoms with van der Waals surface area (Å²) in [5.74, 6) is 0.582. The van der Waals surface area contributed by atoms with Gasteiger partial charge in [0.2, 0.25) is 0 Å². The molecule has 1 aromatic carbocycles. The molecule has 0 radical (unpaired) electrons. The van der Waals surface area contributed by atoms with Gasteiger partial charge in [-0.05, 0) is 30.5 Å². The molecule has 0 spiro atoms. The quantitative estimate of drug-likeness (QED) is 0.783. The first-order chi connectivity index (χ1) is 7.18. The van der Waals surface area contributed by atoms with Gasteiger partial charge in [-0.1, -0.05) is 18.2 Å². The molecule has 0 saturated carbocycles. The van der Waals surface area contributed by atoms with Crippen LogP contribution in [0.5, 0.6) is 0 Å². The van der Waals surface area contributed by atoms with Crippen LogP contribution >= 0.6 is 0 Å². The summed E-state index contributed by atoms with van der Waals surface area (Å²) in [5, 5.41) is 10.0. The molecule has 2 rings (SSSR count). The normalized spacial score (nSPS) is 12.7. The van der Waals surface area contributed by atoms with E-state index in [9.17, 15) is 5.11 Å². The second-order valence-electron chi connectivity index (χ2n) is 3.72. The fourth-order valence-electron chi connectivity index (χ4n) is 1.52. The van der Waals surface area contributed by atoms with Gasteiger partial charge < -0.3 is 10.1 Å². The minimum atomic E-state index is -0.667. The lowest BCUT2D eigenvalue weighted by Gasteiger charge is -2.10.